The molecule has 0 bridgehead atoms. The number of carbonyl (C=O) groups excluding carboxylic acids is 2. The van der Waals surface area contributed by atoms with E-state index >= 15 is 0 Å². The molecule has 0 saturated carbocycles. The topological polar surface area (TPSA) is 55.4 Å². The van der Waals surface area contributed by atoms with Crippen molar-refractivity contribution < 1.29 is 23.1 Å². The number of anilines is 1. The van der Waals surface area contributed by atoms with Crippen LogP contribution < -0.4 is 10.1 Å². The van der Waals surface area contributed by atoms with Crippen LogP contribution in [0.4, 0.5) is 14.5 Å². The molecule has 23 heavy (non-hydrogen) atoms. The number of nitrogens with one attached hydrogen (secondary N) is 1. The second kappa shape index (κ2) is 6.08. The van der Waals surface area contributed by atoms with Gasteiger partial charge in [0.25, 0.3) is 5.91 Å². The van der Waals surface area contributed by atoms with Gasteiger partial charge in [0.05, 0.1) is 10.2 Å². The Morgan fingerprint density at radius 3 is 2.83 bits per heavy atom. The Morgan fingerprint density at radius 2 is 2.04 bits per heavy atom. The Morgan fingerprint density at radius 1 is 1.26 bits per heavy atom. The van der Waals surface area contributed by atoms with Crippen molar-refractivity contribution in [1.29, 1.82) is 0 Å². The minimum absolute atomic E-state index is 0.0743. The van der Waals surface area contributed by atoms with Crippen molar-refractivity contribution >= 4 is 33.3 Å². The first-order chi connectivity index (χ1) is 11.0. The van der Waals surface area contributed by atoms with Crippen molar-refractivity contribution in [3.8, 4) is 5.75 Å². The summed E-state index contributed by atoms with van der Waals surface area (Å²) >= 11 is 2.81. The lowest BCUT2D eigenvalue weighted by atomic mass is 10.0. The summed E-state index contributed by atoms with van der Waals surface area (Å²) in [5.41, 5.74) is 0.781. The van der Waals surface area contributed by atoms with Crippen LogP contribution in [0, 0.1) is 11.6 Å². The molecule has 0 atom stereocenters. The van der Waals surface area contributed by atoms with Gasteiger partial charge in [0, 0.05) is 12.0 Å². The smallest absolute Gasteiger partial charge is 0.262 e. The van der Waals surface area contributed by atoms with Crippen LogP contribution in [0.15, 0.2) is 34.8 Å². The molecule has 0 fully saturated rings. The van der Waals surface area contributed by atoms with Crippen LogP contribution in [0.25, 0.3) is 0 Å². The third-order valence-corrected chi connectivity index (χ3v) is 4.13. The molecule has 1 heterocycles. The maximum atomic E-state index is 13.9. The average Bonchev–Trinajstić information content (AvgIpc) is 2.54. The monoisotopic (exact) mass is 381 g/mol. The normalized spacial score (nSPS) is 13.1. The first kappa shape index (κ1) is 15.6. The molecule has 0 aromatic heterocycles. The van der Waals surface area contributed by atoms with E-state index in [1.54, 1.807) is 6.07 Å². The van der Waals surface area contributed by atoms with E-state index in [2.05, 4.69) is 21.2 Å². The number of hydrogen-bond donors (Lipinski definition) is 1. The SMILES string of the molecule is O=C1COc2ccc(C(=O)Cc3ccc(F)c(Br)c3F)cc2N1. The van der Waals surface area contributed by atoms with Crippen LogP contribution in [0.2, 0.25) is 0 Å². The van der Waals surface area contributed by atoms with Crippen LogP contribution in [0.3, 0.4) is 0 Å². The summed E-state index contributed by atoms with van der Waals surface area (Å²) < 4.78 is 32.1. The molecule has 0 unspecified atom stereocenters. The summed E-state index contributed by atoms with van der Waals surface area (Å²) in [7, 11) is 0. The predicted octanol–water partition coefficient (Wildman–Crippen LogP) is 3.48. The largest absolute Gasteiger partial charge is 0.482 e. The molecule has 0 aliphatic carbocycles. The molecule has 3 rings (SSSR count). The fraction of sp³-hybridized carbons (Fsp3) is 0.125. The highest BCUT2D eigenvalue weighted by molar-refractivity contribution is 9.10. The maximum Gasteiger partial charge on any atom is 0.262 e. The summed E-state index contributed by atoms with van der Waals surface area (Å²) in [6, 6.07) is 6.91. The molecule has 4 nitrogen and oxygen atoms in total. The molecule has 0 spiro atoms. The lowest BCUT2D eigenvalue weighted by Crippen LogP contribution is -2.25. The molecular formula is C16H10BrF2NO3. The molecule has 2 aromatic rings. The van der Waals surface area contributed by atoms with Crippen LogP contribution in [0.1, 0.15) is 15.9 Å². The van der Waals surface area contributed by atoms with Gasteiger partial charge in [-0.25, -0.2) is 8.78 Å². The number of ether oxygens (including phenoxy) is 1. The highest BCUT2D eigenvalue weighted by Gasteiger charge is 2.19. The number of benzene rings is 2. The lowest BCUT2D eigenvalue weighted by Gasteiger charge is -2.18. The molecule has 7 heteroatoms. The van der Waals surface area contributed by atoms with Gasteiger partial charge < -0.3 is 10.1 Å². The van der Waals surface area contributed by atoms with Gasteiger partial charge in [0.1, 0.15) is 17.4 Å². The first-order valence-electron chi connectivity index (χ1n) is 6.68. The molecule has 1 amide bonds. The van der Waals surface area contributed by atoms with E-state index in [0.717, 1.165) is 6.07 Å². The van der Waals surface area contributed by atoms with Gasteiger partial charge in [0.15, 0.2) is 12.4 Å². The Bertz CT molecular complexity index is 823. The van der Waals surface area contributed by atoms with Crippen molar-refractivity contribution in [3.63, 3.8) is 0 Å². The van der Waals surface area contributed by atoms with Gasteiger partial charge in [-0.2, -0.15) is 0 Å². The molecule has 0 radical (unpaired) electrons. The van der Waals surface area contributed by atoms with E-state index in [4.69, 9.17) is 4.74 Å². The highest BCUT2D eigenvalue weighted by Crippen LogP contribution is 2.29. The standard InChI is InChI=1S/C16H10BrF2NO3/c17-15-10(18)3-1-9(16(15)19)6-12(21)8-2-4-13-11(5-8)20-14(22)7-23-13/h1-5H,6-7H2,(H,20,22). The van der Waals surface area contributed by atoms with Crippen LogP contribution >= 0.6 is 15.9 Å². The van der Waals surface area contributed by atoms with Crippen molar-refractivity contribution in [2.24, 2.45) is 0 Å². The van der Waals surface area contributed by atoms with E-state index in [1.165, 1.54) is 18.2 Å². The summed E-state index contributed by atoms with van der Waals surface area (Å²) in [4.78, 5) is 23.6. The zero-order valence-electron chi connectivity index (χ0n) is 11.7. The van der Waals surface area contributed by atoms with Crippen LogP contribution in [-0.2, 0) is 11.2 Å². The first-order valence-corrected chi connectivity index (χ1v) is 7.47. The average molecular weight is 382 g/mol. The Hall–Kier alpha value is -2.28. The maximum absolute atomic E-state index is 13.9. The number of rotatable bonds is 3. The summed E-state index contributed by atoms with van der Waals surface area (Å²) in [6.07, 6.45) is -0.224. The van der Waals surface area contributed by atoms with E-state index in [-0.39, 0.29) is 34.8 Å². The summed E-state index contributed by atoms with van der Waals surface area (Å²) in [5.74, 6) is -1.72. The summed E-state index contributed by atoms with van der Waals surface area (Å²) in [6.45, 7) is -0.0743. The minimum atomic E-state index is -0.798. The number of hydrogen-bond acceptors (Lipinski definition) is 3. The molecular weight excluding hydrogens is 372 g/mol. The van der Waals surface area contributed by atoms with Crippen molar-refractivity contribution in [2.75, 3.05) is 11.9 Å². The van der Waals surface area contributed by atoms with Gasteiger partial charge in [-0.05, 0) is 45.8 Å². The van der Waals surface area contributed by atoms with Crippen molar-refractivity contribution in [3.05, 3.63) is 57.6 Å². The highest BCUT2D eigenvalue weighted by atomic mass is 79.9. The number of halogens is 3. The second-order valence-electron chi connectivity index (χ2n) is 4.98. The number of ketones is 1. The van der Waals surface area contributed by atoms with Gasteiger partial charge in [-0.15, -0.1) is 0 Å². The zero-order chi connectivity index (χ0) is 16.6. The third-order valence-electron chi connectivity index (χ3n) is 3.40. The molecule has 1 aliphatic rings. The molecule has 1 N–H and O–H groups in total. The molecule has 1 aliphatic heterocycles. The number of amides is 1. The van der Waals surface area contributed by atoms with Gasteiger partial charge >= 0.3 is 0 Å². The van der Waals surface area contributed by atoms with E-state index in [9.17, 15) is 18.4 Å². The number of fused-ring (bicyclic) bond motifs is 1. The Balaban J connectivity index is 1.86. The van der Waals surface area contributed by atoms with E-state index in [1.807, 2.05) is 0 Å². The molecule has 2 aromatic carbocycles. The van der Waals surface area contributed by atoms with Gasteiger partial charge in [-0.3, -0.25) is 9.59 Å². The second-order valence-corrected chi connectivity index (χ2v) is 5.78. The number of carbonyl (C=O) groups is 2. The van der Waals surface area contributed by atoms with Crippen molar-refractivity contribution in [2.45, 2.75) is 6.42 Å². The predicted molar refractivity (Wildman–Crippen MR) is 82.7 cm³/mol. The lowest BCUT2D eigenvalue weighted by molar-refractivity contribution is -0.118. The van der Waals surface area contributed by atoms with Gasteiger partial charge in [0.2, 0.25) is 0 Å². The third kappa shape index (κ3) is 3.10. The quantitative estimate of drug-likeness (QED) is 0.653. The number of Topliss-reactive ketones (excluding diaryl/α,β-unsaturated/α-hetero) is 1. The van der Waals surface area contributed by atoms with E-state index < -0.39 is 11.6 Å². The summed E-state index contributed by atoms with van der Waals surface area (Å²) in [5, 5.41) is 2.60. The van der Waals surface area contributed by atoms with Crippen molar-refractivity contribution in [1.82, 2.24) is 0 Å². The Labute approximate surface area is 138 Å². The minimum Gasteiger partial charge on any atom is -0.482 e. The molecule has 118 valence electrons. The molecule has 0 saturated heterocycles. The van der Waals surface area contributed by atoms with E-state index in [0.29, 0.717) is 17.0 Å². The van der Waals surface area contributed by atoms with Gasteiger partial charge in [-0.1, -0.05) is 6.07 Å². The fourth-order valence-corrected chi connectivity index (χ4v) is 2.62. The Kier molecular flexibility index (Phi) is 4.12. The zero-order valence-corrected chi connectivity index (χ0v) is 13.2. The fourth-order valence-electron chi connectivity index (χ4n) is 2.23. The van der Waals surface area contributed by atoms with Crippen LogP contribution in [-0.4, -0.2) is 18.3 Å². The van der Waals surface area contributed by atoms with Crippen LogP contribution in [0.5, 0.6) is 5.75 Å².